The van der Waals surface area contributed by atoms with Crippen molar-refractivity contribution in [3.8, 4) is 11.3 Å². The highest BCUT2D eigenvalue weighted by Gasteiger charge is 2.13. The van der Waals surface area contributed by atoms with E-state index in [1.807, 2.05) is 65.1 Å². The molecule has 0 saturated carbocycles. The van der Waals surface area contributed by atoms with Gasteiger partial charge in [-0.25, -0.2) is 10.8 Å². The first kappa shape index (κ1) is 39.5. The number of fused-ring (bicyclic) bond motifs is 3. The van der Waals surface area contributed by atoms with Crippen LogP contribution in [0.25, 0.3) is 33.3 Å². The van der Waals surface area contributed by atoms with Crippen LogP contribution in [0.15, 0.2) is 63.6 Å². The van der Waals surface area contributed by atoms with Crippen molar-refractivity contribution in [2.24, 2.45) is 11.6 Å². The normalized spacial score (nSPS) is 11.6. The van der Waals surface area contributed by atoms with Gasteiger partial charge >= 0.3 is 0 Å². The number of hydrogen-bond donors (Lipinski definition) is 3. The molecule has 0 spiro atoms. The molecule has 2 heterocycles. The van der Waals surface area contributed by atoms with Crippen molar-refractivity contribution in [2.75, 3.05) is 91.1 Å². The minimum Gasteiger partial charge on any atom is -0.453 e. The number of anilines is 1. The molecule has 0 fully saturated rings. The Morgan fingerprint density at radius 3 is 1.98 bits per heavy atom. The Balaban J connectivity index is 0.00000319. The molecule has 0 unspecified atom stereocenters. The Bertz CT molecular complexity index is 1610. The number of aromatic nitrogens is 2. The van der Waals surface area contributed by atoms with E-state index in [0.717, 1.165) is 34.7 Å². The quantitative estimate of drug-likeness (QED) is 0.0602. The number of hydrazine groups is 1. The Morgan fingerprint density at radius 1 is 0.857 bits per heavy atom. The Labute approximate surface area is 289 Å². The molecule has 4 aromatic rings. The lowest BCUT2D eigenvalue weighted by Crippen LogP contribution is -2.30. The maximum absolute atomic E-state index is 12.8. The van der Waals surface area contributed by atoms with Crippen molar-refractivity contribution in [1.82, 2.24) is 15.0 Å². The van der Waals surface area contributed by atoms with E-state index in [0.29, 0.717) is 101 Å². The van der Waals surface area contributed by atoms with Gasteiger partial charge in [0.25, 0.3) is 0 Å². The lowest BCUT2D eigenvalue weighted by Gasteiger charge is -2.19. The van der Waals surface area contributed by atoms with Crippen LogP contribution in [0.5, 0.6) is 0 Å². The van der Waals surface area contributed by atoms with E-state index < -0.39 is 0 Å². The summed E-state index contributed by atoms with van der Waals surface area (Å²) in [4.78, 5) is 22.6. The van der Waals surface area contributed by atoms with Crippen LogP contribution in [-0.2, 0) is 23.7 Å². The molecule has 49 heavy (non-hydrogen) atoms. The molecule has 5 N–H and O–H groups in total. The number of hydrogen-bond acceptors (Lipinski definition) is 12. The topological polar surface area (TPSA) is 164 Å². The van der Waals surface area contributed by atoms with E-state index in [4.69, 9.17) is 39.7 Å². The fraction of sp³-hybridized carbons (Fsp3) is 0.500. The molecule has 2 aromatic heterocycles. The summed E-state index contributed by atoms with van der Waals surface area (Å²) >= 11 is 0. The predicted octanol–water partition coefficient (Wildman–Crippen LogP) is 4.58. The molecular formula is C36H54N6O7. The van der Waals surface area contributed by atoms with Crippen molar-refractivity contribution < 1.29 is 28.1 Å². The minimum atomic E-state index is -0.0967. The summed E-state index contributed by atoms with van der Waals surface area (Å²) in [5.74, 6) is 7.08. The maximum atomic E-state index is 12.8. The molecule has 270 valence electrons. The highest BCUT2D eigenvalue weighted by Crippen LogP contribution is 2.28. The second-order valence-electron chi connectivity index (χ2n) is 11.0. The molecular weight excluding hydrogens is 628 g/mol. The monoisotopic (exact) mass is 682 g/mol. The standard InChI is InChI=1S/C34H48N6O7.C2H6/c1-4-27(35)24-40(36)12-14-43-16-18-45-20-22-46-21-19-44-17-15-42-13-11-39(3)28-7-5-26(6-8-28)32-23-31(41)29-9-10-30-33(34(29)47-32)38-25(2)37-30;1-2/h5-10,23-24H,4,11-22,35-36H2,1-3H3,(H,37,38);1-2H3/b27-24-;. The summed E-state index contributed by atoms with van der Waals surface area (Å²) in [5.41, 5.74) is 10.2. The summed E-state index contributed by atoms with van der Waals surface area (Å²) in [7, 11) is 2.01. The van der Waals surface area contributed by atoms with Gasteiger partial charge in [-0.3, -0.25) is 4.79 Å². The molecule has 0 radical (unpaired) electrons. The van der Waals surface area contributed by atoms with Crippen LogP contribution in [0.1, 0.15) is 33.0 Å². The lowest BCUT2D eigenvalue weighted by atomic mass is 10.1. The van der Waals surface area contributed by atoms with Crippen molar-refractivity contribution in [3.05, 3.63) is 70.4 Å². The zero-order valence-corrected chi connectivity index (χ0v) is 29.7. The molecule has 0 aliphatic rings. The zero-order valence-electron chi connectivity index (χ0n) is 29.7. The van der Waals surface area contributed by atoms with Gasteiger partial charge < -0.3 is 48.7 Å². The van der Waals surface area contributed by atoms with Gasteiger partial charge in [0.1, 0.15) is 17.1 Å². The van der Waals surface area contributed by atoms with E-state index >= 15 is 0 Å². The number of benzene rings is 2. The third-order valence-corrected chi connectivity index (χ3v) is 7.35. The average molecular weight is 683 g/mol. The maximum Gasteiger partial charge on any atom is 0.193 e. The summed E-state index contributed by atoms with van der Waals surface area (Å²) < 4.78 is 34.0. The first-order chi connectivity index (χ1) is 23.9. The number of imidazole rings is 1. The Morgan fingerprint density at radius 2 is 1.41 bits per heavy atom. The summed E-state index contributed by atoms with van der Waals surface area (Å²) in [6, 6.07) is 13.1. The van der Waals surface area contributed by atoms with Crippen molar-refractivity contribution in [1.29, 1.82) is 0 Å². The van der Waals surface area contributed by atoms with Crippen LogP contribution in [0, 0.1) is 6.92 Å². The van der Waals surface area contributed by atoms with E-state index in [2.05, 4.69) is 14.9 Å². The van der Waals surface area contributed by atoms with E-state index in [9.17, 15) is 4.79 Å². The van der Waals surface area contributed by atoms with Crippen LogP contribution in [0.3, 0.4) is 0 Å². The lowest BCUT2D eigenvalue weighted by molar-refractivity contribution is -0.0112. The van der Waals surface area contributed by atoms with Crippen LogP contribution < -0.4 is 21.9 Å². The first-order valence-corrected chi connectivity index (χ1v) is 17.0. The molecule has 0 bridgehead atoms. The molecule has 13 nitrogen and oxygen atoms in total. The summed E-state index contributed by atoms with van der Waals surface area (Å²) in [6.07, 6.45) is 2.48. The van der Waals surface area contributed by atoms with Gasteiger partial charge in [-0.1, -0.05) is 20.8 Å². The third kappa shape index (κ3) is 13.1. The van der Waals surface area contributed by atoms with Gasteiger partial charge in [0, 0.05) is 42.8 Å². The average Bonchev–Trinajstić information content (AvgIpc) is 3.51. The number of likely N-dealkylation sites (N-methyl/N-ethyl adjacent to an activating group) is 1. The number of allylic oxidation sites excluding steroid dienone is 1. The number of H-pyrrole nitrogens is 1. The number of aryl methyl sites for hydroxylation is 1. The van der Waals surface area contributed by atoms with Crippen LogP contribution >= 0.6 is 0 Å². The fourth-order valence-electron chi connectivity index (χ4n) is 4.68. The number of aromatic amines is 1. The second-order valence-corrected chi connectivity index (χ2v) is 11.0. The van der Waals surface area contributed by atoms with Crippen LogP contribution in [-0.4, -0.2) is 101 Å². The van der Waals surface area contributed by atoms with E-state index in [-0.39, 0.29) is 5.43 Å². The third-order valence-electron chi connectivity index (χ3n) is 7.35. The summed E-state index contributed by atoms with van der Waals surface area (Å²) in [6.45, 7) is 14.2. The van der Waals surface area contributed by atoms with Gasteiger partial charge in [0.15, 0.2) is 11.0 Å². The van der Waals surface area contributed by atoms with E-state index in [1.165, 1.54) is 11.1 Å². The highest BCUT2D eigenvalue weighted by atomic mass is 16.6. The van der Waals surface area contributed by atoms with Gasteiger partial charge in [-0.15, -0.1) is 0 Å². The minimum absolute atomic E-state index is 0.0967. The predicted molar refractivity (Wildman–Crippen MR) is 194 cm³/mol. The molecule has 13 heteroatoms. The number of rotatable bonds is 22. The van der Waals surface area contributed by atoms with Crippen LogP contribution in [0.2, 0.25) is 0 Å². The highest BCUT2D eigenvalue weighted by molar-refractivity contribution is 6.00. The number of ether oxygens (including phenoxy) is 5. The molecule has 4 rings (SSSR count). The van der Waals surface area contributed by atoms with Crippen LogP contribution in [0.4, 0.5) is 5.69 Å². The number of nitrogens with one attached hydrogen (secondary N) is 1. The second kappa shape index (κ2) is 21.9. The molecule has 0 aliphatic heterocycles. The van der Waals surface area contributed by atoms with E-state index in [1.54, 1.807) is 12.3 Å². The van der Waals surface area contributed by atoms with Gasteiger partial charge in [-0.2, -0.15) is 0 Å². The van der Waals surface area contributed by atoms with Crippen molar-refractivity contribution in [3.63, 3.8) is 0 Å². The SMILES string of the molecule is CC.CC/C(N)=C/N(N)CCOCCOCCOCCOCCOCCN(C)c1ccc(-c2cc(=O)c3ccc4[nH]c(C)nc4c3o2)cc1. The van der Waals surface area contributed by atoms with Crippen molar-refractivity contribution in [2.45, 2.75) is 34.1 Å². The van der Waals surface area contributed by atoms with Gasteiger partial charge in [0.05, 0.1) is 83.5 Å². The fourth-order valence-corrected chi connectivity index (χ4v) is 4.68. The van der Waals surface area contributed by atoms with Crippen molar-refractivity contribution >= 4 is 27.7 Å². The molecule has 0 atom stereocenters. The first-order valence-electron chi connectivity index (χ1n) is 17.0. The Kier molecular flexibility index (Phi) is 17.6. The largest absolute Gasteiger partial charge is 0.453 e. The molecule has 0 aliphatic carbocycles. The van der Waals surface area contributed by atoms with Gasteiger partial charge in [-0.05, 0) is 49.7 Å². The molecule has 0 saturated heterocycles. The van der Waals surface area contributed by atoms with Gasteiger partial charge in [0.2, 0.25) is 0 Å². The number of nitrogens with two attached hydrogens (primary N) is 2. The Hall–Kier alpha value is -3.98. The molecule has 2 aromatic carbocycles. The smallest absolute Gasteiger partial charge is 0.193 e. The number of nitrogens with zero attached hydrogens (tertiary/aromatic N) is 3. The zero-order chi connectivity index (χ0) is 35.4. The molecule has 0 amide bonds. The summed E-state index contributed by atoms with van der Waals surface area (Å²) in [5, 5.41) is 2.04.